The molecule has 1 aromatic rings. The number of morpholine rings is 1. The van der Waals surface area contributed by atoms with E-state index < -0.39 is 18.1 Å². The summed E-state index contributed by atoms with van der Waals surface area (Å²) in [6, 6.07) is 3.30. The molecule has 0 saturated carbocycles. The molecule has 0 bridgehead atoms. The van der Waals surface area contributed by atoms with E-state index in [9.17, 15) is 20.1 Å². The summed E-state index contributed by atoms with van der Waals surface area (Å²) in [5.41, 5.74) is 0.343. The zero-order valence-corrected chi connectivity index (χ0v) is 10.6. The third kappa shape index (κ3) is 2.64. The van der Waals surface area contributed by atoms with Gasteiger partial charge in [-0.3, -0.25) is 9.69 Å². The number of ether oxygens (including phenoxy) is 1. The van der Waals surface area contributed by atoms with E-state index in [1.165, 1.54) is 18.2 Å². The smallest absolute Gasteiger partial charge is 0.323 e. The van der Waals surface area contributed by atoms with Gasteiger partial charge in [-0.05, 0) is 19.1 Å². The number of hydrogen-bond donors (Lipinski definition) is 3. The van der Waals surface area contributed by atoms with Crippen molar-refractivity contribution in [1.82, 2.24) is 4.90 Å². The normalized spacial score (nSPS) is 22.1. The van der Waals surface area contributed by atoms with E-state index in [0.717, 1.165) is 0 Å². The molecule has 0 spiro atoms. The van der Waals surface area contributed by atoms with Crippen LogP contribution in [0, 0.1) is 0 Å². The monoisotopic (exact) mass is 267 g/mol. The zero-order chi connectivity index (χ0) is 14.0. The highest BCUT2D eigenvalue weighted by Gasteiger charge is 2.34. The molecular formula is C13H17NO5. The average Bonchev–Trinajstić information content (AvgIpc) is 2.38. The zero-order valence-electron chi connectivity index (χ0n) is 10.6. The van der Waals surface area contributed by atoms with Crippen LogP contribution in [0.4, 0.5) is 0 Å². The number of benzene rings is 1. The Bertz CT molecular complexity index is 456. The van der Waals surface area contributed by atoms with Crippen molar-refractivity contribution in [1.29, 1.82) is 0 Å². The van der Waals surface area contributed by atoms with E-state index in [2.05, 4.69) is 0 Å². The Morgan fingerprint density at radius 1 is 1.42 bits per heavy atom. The number of aromatic hydroxyl groups is 2. The van der Waals surface area contributed by atoms with Gasteiger partial charge in [0.15, 0.2) is 0 Å². The molecule has 0 aromatic heterocycles. The van der Waals surface area contributed by atoms with E-state index >= 15 is 0 Å². The molecule has 3 N–H and O–H groups in total. The molecule has 6 nitrogen and oxygen atoms in total. The minimum Gasteiger partial charge on any atom is -0.507 e. The lowest BCUT2D eigenvalue weighted by Gasteiger charge is -2.37. The lowest BCUT2D eigenvalue weighted by atomic mass is 10.0. The Labute approximate surface area is 110 Å². The second kappa shape index (κ2) is 5.46. The Balaban J connectivity index is 2.31. The molecule has 2 unspecified atom stereocenters. The highest BCUT2D eigenvalue weighted by Crippen LogP contribution is 2.36. The molecule has 19 heavy (non-hydrogen) atoms. The van der Waals surface area contributed by atoms with Crippen LogP contribution in [0.2, 0.25) is 0 Å². The lowest BCUT2D eigenvalue weighted by Crippen LogP contribution is -2.50. The number of nitrogens with zero attached hydrogens (tertiary/aromatic N) is 1. The maximum Gasteiger partial charge on any atom is 0.323 e. The van der Waals surface area contributed by atoms with Crippen LogP contribution in [0.5, 0.6) is 11.5 Å². The van der Waals surface area contributed by atoms with Crippen molar-refractivity contribution in [3.05, 3.63) is 23.8 Å². The van der Waals surface area contributed by atoms with Gasteiger partial charge in [0, 0.05) is 12.6 Å². The minimum atomic E-state index is -0.971. The molecule has 104 valence electrons. The quantitative estimate of drug-likeness (QED) is 0.755. The fourth-order valence-electron chi connectivity index (χ4n) is 2.43. The molecule has 0 aliphatic carbocycles. The molecule has 2 rings (SSSR count). The van der Waals surface area contributed by atoms with Gasteiger partial charge >= 0.3 is 5.97 Å². The predicted molar refractivity (Wildman–Crippen MR) is 67.1 cm³/mol. The number of phenolic OH excluding ortho intramolecular Hbond substituents is 2. The topological polar surface area (TPSA) is 90.2 Å². The van der Waals surface area contributed by atoms with E-state index in [0.29, 0.717) is 18.7 Å². The number of carboxylic acids is 1. The van der Waals surface area contributed by atoms with Crippen molar-refractivity contribution in [3.8, 4) is 11.5 Å². The van der Waals surface area contributed by atoms with Crippen molar-refractivity contribution < 1.29 is 24.9 Å². The molecule has 0 amide bonds. The van der Waals surface area contributed by atoms with Gasteiger partial charge in [0.2, 0.25) is 0 Å². The maximum atomic E-state index is 11.2. The molecule has 1 aliphatic rings. The SMILES string of the molecule is CC(c1c(O)cccc1O)N1CCOCC1C(=O)O. The Morgan fingerprint density at radius 2 is 2.05 bits per heavy atom. The summed E-state index contributed by atoms with van der Waals surface area (Å²) in [6.45, 7) is 2.73. The second-order valence-electron chi connectivity index (χ2n) is 4.55. The molecule has 6 heteroatoms. The van der Waals surface area contributed by atoms with Crippen LogP contribution < -0.4 is 0 Å². The first-order valence-electron chi connectivity index (χ1n) is 6.09. The molecule has 1 aromatic carbocycles. The molecule has 0 radical (unpaired) electrons. The number of aliphatic carboxylic acids is 1. The van der Waals surface area contributed by atoms with Crippen LogP contribution in [-0.2, 0) is 9.53 Å². The fraction of sp³-hybridized carbons (Fsp3) is 0.462. The molecule has 1 heterocycles. The molecule has 1 saturated heterocycles. The summed E-state index contributed by atoms with van der Waals surface area (Å²) >= 11 is 0. The minimum absolute atomic E-state index is 0.0388. The van der Waals surface area contributed by atoms with Crippen LogP contribution in [0.3, 0.4) is 0 Å². The van der Waals surface area contributed by atoms with Gasteiger partial charge in [0.1, 0.15) is 17.5 Å². The van der Waals surface area contributed by atoms with Gasteiger partial charge in [0.05, 0.1) is 18.8 Å². The number of carboxylic acid groups (broad SMARTS) is 1. The van der Waals surface area contributed by atoms with E-state index in [4.69, 9.17) is 4.74 Å². The summed E-state index contributed by atoms with van der Waals surface area (Å²) in [7, 11) is 0. The number of phenols is 2. The highest BCUT2D eigenvalue weighted by atomic mass is 16.5. The standard InChI is InChI=1S/C13H17NO5/c1-8(12-10(15)3-2-4-11(12)16)14-5-6-19-7-9(14)13(17)18/h2-4,8-9,15-16H,5-7H2,1H3,(H,17,18). The molecule has 2 atom stereocenters. The summed E-state index contributed by atoms with van der Waals surface area (Å²) in [4.78, 5) is 12.9. The van der Waals surface area contributed by atoms with Gasteiger partial charge in [-0.1, -0.05) is 6.07 Å². The van der Waals surface area contributed by atoms with Crippen molar-refractivity contribution >= 4 is 5.97 Å². The van der Waals surface area contributed by atoms with Gasteiger partial charge < -0.3 is 20.1 Å². The first kappa shape index (κ1) is 13.6. The van der Waals surface area contributed by atoms with Gasteiger partial charge in [-0.25, -0.2) is 0 Å². The van der Waals surface area contributed by atoms with E-state index in [1.54, 1.807) is 11.8 Å². The Kier molecular flexibility index (Phi) is 3.92. The van der Waals surface area contributed by atoms with Crippen molar-refractivity contribution in [2.75, 3.05) is 19.8 Å². The lowest BCUT2D eigenvalue weighted by molar-refractivity contribution is -0.151. The van der Waals surface area contributed by atoms with Crippen LogP contribution in [0.1, 0.15) is 18.5 Å². The van der Waals surface area contributed by atoms with Gasteiger partial charge in [0.25, 0.3) is 0 Å². The third-order valence-electron chi connectivity index (χ3n) is 3.43. The van der Waals surface area contributed by atoms with Crippen molar-refractivity contribution in [2.24, 2.45) is 0 Å². The average molecular weight is 267 g/mol. The number of rotatable bonds is 3. The van der Waals surface area contributed by atoms with E-state index in [-0.39, 0.29) is 18.1 Å². The number of carbonyl (C=O) groups is 1. The van der Waals surface area contributed by atoms with Crippen molar-refractivity contribution in [2.45, 2.75) is 19.0 Å². The van der Waals surface area contributed by atoms with Crippen molar-refractivity contribution in [3.63, 3.8) is 0 Å². The first-order valence-corrected chi connectivity index (χ1v) is 6.09. The maximum absolute atomic E-state index is 11.2. The summed E-state index contributed by atoms with van der Waals surface area (Å²) < 4.78 is 5.17. The Morgan fingerprint density at radius 3 is 2.63 bits per heavy atom. The summed E-state index contributed by atoms with van der Waals surface area (Å²) in [6.07, 6.45) is 0. The number of hydrogen-bond acceptors (Lipinski definition) is 5. The summed E-state index contributed by atoms with van der Waals surface area (Å²) in [5.74, 6) is -1.05. The van der Waals surface area contributed by atoms with Crippen LogP contribution >= 0.6 is 0 Å². The van der Waals surface area contributed by atoms with Gasteiger partial charge in [-0.2, -0.15) is 0 Å². The van der Waals surface area contributed by atoms with Crippen LogP contribution in [-0.4, -0.2) is 52.0 Å². The molecule has 1 aliphatic heterocycles. The largest absolute Gasteiger partial charge is 0.507 e. The molecule has 1 fully saturated rings. The first-order chi connectivity index (χ1) is 9.02. The fourth-order valence-corrected chi connectivity index (χ4v) is 2.43. The molecular weight excluding hydrogens is 250 g/mol. The van der Waals surface area contributed by atoms with Crippen LogP contribution in [0.15, 0.2) is 18.2 Å². The van der Waals surface area contributed by atoms with Crippen LogP contribution in [0.25, 0.3) is 0 Å². The Hall–Kier alpha value is -1.79. The highest BCUT2D eigenvalue weighted by molar-refractivity contribution is 5.74. The second-order valence-corrected chi connectivity index (χ2v) is 4.55. The van der Waals surface area contributed by atoms with Gasteiger partial charge in [-0.15, -0.1) is 0 Å². The predicted octanol–water partition coefficient (Wildman–Crippen LogP) is 0.944. The third-order valence-corrected chi connectivity index (χ3v) is 3.43. The van der Waals surface area contributed by atoms with E-state index in [1.807, 2.05) is 0 Å². The summed E-state index contributed by atoms with van der Waals surface area (Å²) in [5, 5.41) is 28.9.